The van der Waals surface area contributed by atoms with Crippen molar-refractivity contribution >= 4 is 12.2 Å². The molecule has 0 bridgehead atoms. The van der Waals surface area contributed by atoms with Crippen LogP contribution in [0.3, 0.4) is 0 Å². The van der Waals surface area contributed by atoms with Gasteiger partial charge in [-0.1, -0.05) is 47.1 Å². The van der Waals surface area contributed by atoms with Crippen LogP contribution in [-0.4, -0.2) is 17.3 Å². The van der Waals surface area contributed by atoms with Gasteiger partial charge in [-0.2, -0.15) is 4.98 Å². The molecule has 0 spiro atoms. The first-order chi connectivity index (χ1) is 10.7. The van der Waals surface area contributed by atoms with Crippen molar-refractivity contribution in [2.45, 2.75) is 6.92 Å². The van der Waals surface area contributed by atoms with Gasteiger partial charge in [-0.05, 0) is 30.7 Å². The smallest absolute Gasteiger partial charge is 0.250 e. The summed E-state index contributed by atoms with van der Waals surface area (Å²) >= 11 is 0. The second-order valence-corrected chi connectivity index (χ2v) is 4.93. The molecule has 0 saturated heterocycles. The number of ether oxygens (including phenoxy) is 1. The van der Waals surface area contributed by atoms with Gasteiger partial charge < -0.3 is 9.26 Å². The third-order valence-electron chi connectivity index (χ3n) is 3.29. The first kappa shape index (κ1) is 14.1. The van der Waals surface area contributed by atoms with E-state index in [-0.39, 0.29) is 0 Å². The molecular formula is C18H16N2O2. The summed E-state index contributed by atoms with van der Waals surface area (Å²) in [5.74, 6) is 1.90. The van der Waals surface area contributed by atoms with E-state index in [0.717, 1.165) is 16.9 Å². The van der Waals surface area contributed by atoms with Crippen LogP contribution in [0.4, 0.5) is 0 Å². The molecule has 0 saturated carbocycles. The molecule has 22 heavy (non-hydrogen) atoms. The molecule has 110 valence electrons. The molecule has 3 aromatic rings. The summed E-state index contributed by atoms with van der Waals surface area (Å²) in [6, 6.07) is 15.8. The van der Waals surface area contributed by atoms with Crippen LogP contribution in [0.1, 0.15) is 17.0 Å². The Hall–Kier alpha value is -2.88. The number of rotatable bonds is 4. The maximum atomic E-state index is 5.24. The Balaban J connectivity index is 1.75. The van der Waals surface area contributed by atoms with E-state index >= 15 is 0 Å². The van der Waals surface area contributed by atoms with E-state index in [4.69, 9.17) is 9.26 Å². The van der Waals surface area contributed by atoms with E-state index in [2.05, 4.69) is 10.1 Å². The lowest BCUT2D eigenvalue weighted by atomic mass is 10.1. The summed E-state index contributed by atoms with van der Waals surface area (Å²) in [5, 5.41) is 4.00. The largest absolute Gasteiger partial charge is 0.497 e. The fourth-order valence-electron chi connectivity index (χ4n) is 2.01. The molecule has 2 aromatic carbocycles. The third kappa shape index (κ3) is 3.23. The molecule has 0 fully saturated rings. The monoisotopic (exact) mass is 292 g/mol. The Kier molecular flexibility index (Phi) is 4.01. The molecule has 0 aliphatic heterocycles. The van der Waals surface area contributed by atoms with Crippen LogP contribution in [0.15, 0.2) is 53.1 Å². The van der Waals surface area contributed by atoms with Crippen LogP contribution >= 0.6 is 0 Å². The van der Waals surface area contributed by atoms with Crippen LogP contribution in [-0.2, 0) is 0 Å². The Labute approximate surface area is 129 Å². The second-order valence-electron chi connectivity index (χ2n) is 4.93. The SMILES string of the molecule is COc1ccc(/C=C/c2nc(-c3ccc(C)cc3)no2)cc1. The molecule has 0 amide bonds. The van der Waals surface area contributed by atoms with E-state index in [0.29, 0.717) is 11.7 Å². The fourth-order valence-corrected chi connectivity index (χ4v) is 2.01. The number of benzene rings is 2. The average molecular weight is 292 g/mol. The predicted molar refractivity (Wildman–Crippen MR) is 86.4 cm³/mol. The number of methoxy groups -OCH3 is 1. The number of aromatic nitrogens is 2. The molecule has 0 atom stereocenters. The minimum absolute atomic E-state index is 0.478. The lowest BCUT2D eigenvalue weighted by Crippen LogP contribution is -1.81. The number of hydrogen-bond acceptors (Lipinski definition) is 4. The molecule has 0 aliphatic carbocycles. The van der Waals surface area contributed by atoms with Gasteiger partial charge in [0.1, 0.15) is 5.75 Å². The van der Waals surface area contributed by atoms with Gasteiger partial charge in [-0.3, -0.25) is 0 Å². The first-order valence-corrected chi connectivity index (χ1v) is 6.97. The van der Waals surface area contributed by atoms with Crippen molar-refractivity contribution in [1.82, 2.24) is 10.1 Å². The van der Waals surface area contributed by atoms with Gasteiger partial charge >= 0.3 is 0 Å². The van der Waals surface area contributed by atoms with Crippen molar-refractivity contribution in [3.63, 3.8) is 0 Å². The van der Waals surface area contributed by atoms with Crippen molar-refractivity contribution in [2.75, 3.05) is 7.11 Å². The summed E-state index contributed by atoms with van der Waals surface area (Å²) < 4.78 is 10.4. The van der Waals surface area contributed by atoms with Gasteiger partial charge in [0, 0.05) is 11.6 Å². The van der Waals surface area contributed by atoms with Crippen LogP contribution < -0.4 is 4.74 Å². The van der Waals surface area contributed by atoms with E-state index in [1.807, 2.05) is 61.5 Å². The molecule has 4 heteroatoms. The van der Waals surface area contributed by atoms with E-state index < -0.39 is 0 Å². The quantitative estimate of drug-likeness (QED) is 0.722. The Morgan fingerprint density at radius 3 is 2.36 bits per heavy atom. The average Bonchev–Trinajstić information content (AvgIpc) is 3.03. The standard InChI is InChI=1S/C18H16N2O2/c1-13-3-8-15(9-4-13)18-19-17(22-20-18)12-7-14-5-10-16(21-2)11-6-14/h3-12H,1-2H3/b12-7+. The van der Waals surface area contributed by atoms with Crippen LogP contribution in [0.2, 0.25) is 0 Å². The number of nitrogens with zero attached hydrogens (tertiary/aromatic N) is 2. The summed E-state index contributed by atoms with van der Waals surface area (Å²) in [7, 11) is 1.65. The van der Waals surface area contributed by atoms with Crippen LogP contribution in [0, 0.1) is 6.92 Å². The summed E-state index contributed by atoms with van der Waals surface area (Å²) in [4.78, 5) is 4.37. The van der Waals surface area contributed by atoms with Crippen molar-refractivity contribution in [3.8, 4) is 17.1 Å². The maximum Gasteiger partial charge on any atom is 0.250 e. The number of hydrogen-bond donors (Lipinski definition) is 0. The highest BCUT2D eigenvalue weighted by molar-refractivity contribution is 5.67. The third-order valence-corrected chi connectivity index (χ3v) is 3.29. The minimum Gasteiger partial charge on any atom is -0.497 e. The van der Waals surface area contributed by atoms with Gasteiger partial charge in [0.25, 0.3) is 5.89 Å². The highest BCUT2D eigenvalue weighted by Crippen LogP contribution is 2.18. The van der Waals surface area contributed by atoms with Gasteiger partial charge in [0.2, 0.25) is 5.82 Å². The Morgan fingerprint density at radius 2 is 1.68 bits per heavy atom. The van der Waals surface area contributed by atoms with E-state index in [9.17, 15) is 0 Å². The summed E-state index contributed by atoms with van der Waals surface area (Å²) in [5.41, 5.74) is 3.18. The van der Waals surface area contributed by atoms with E-state index in [1.54, 1.807) is 13.2 Å². The Morgan fingerprint density at radius 1 is 0.955 bits per heavy atom. The zero-order valence-corrected chi connectivity index (χ0v) is 12.5. The summed E-state index contributed by atoms with van der Waals surface area (Å²) in [6.07, 6.45) is 3.72. The fraction of sp³-hybridized carbons (Fsp3) is 0.111. The van der Waals surface area contributed by atoms with Gasteiger partial charge in [-0.15, -0.1) is 0 Å². The molecule has 0 unspecified atom stereocenters. The zero-order chi connectivity index (χ0) is 15.4. The minimum atomic E-state index is 0.478. The maximum absolute atomic E-state index is 5.24. The van der Waals surface area contributed by atoms with E-state index in [1.165, 1.54) is 5.56 Å². The lowest BCUT2D eigenvalue weighted by Gasteiger charge is -1.98. The van der Waals surface area contributed by atoms with Crippen molar-refractivity contribution in [2.24, 2.45) is 0 Å². The van der Waals surface area contributed by atoms with Crippen LogP contribution in [0.5, 0.6) is 5.75 Å². The highest BCUT2D eigenvalue weighted by atomic mass is 16.5. The van der Waals surface area contributed by atoms with Gasteiger partial charge in [-0.25, -0.2) is 0 Å². The second kappa shape index (κ2) is 6.26. The van der Waals surface area contributed by atoms with Crippen molar-refractivity contribution in [1.29, 1.82) is 0 Å². The Bertz CT molecular complexity index is 772. The molecular weight excluding hydrogens is 276 g/mol. The van der Waals surface area contributed by atoms with Gasteiger partial charge in [0.05, 0.1) is 7.11 Å². The number of aryl methyl sites for hydroxylation is 1. The molecule has 0 aliphatic rings. The predicted octanol–water partition coefficient (Wildman–Crippen LogP) is 4.22. The molecule has 4 nitrogen and oxygen atoms in total. The normalized spacial score (nSPS) is 11.0. The van der Waals surface area contributed by atoms with Crippen molar-refractivity contribution < 1.29 is 9.26 Å². The first-order valence-electron chi connectivity index (χ1n) is 6.97. The molecule has 1 heterocycles. The summed E-state index contributed by atoms with van der Waals surface area (Å²) in [6.45, 7) is 2.04. The lowest BCUT2D eigenvalue weighted by molar-refractivity contribution is 0.411. The molecule has 1 aromatic heterocycles. The highest BCUT2D eigenvalue weighted by Gasteiger charge is 2.05. The van der Waals surface area contributed by atoms with Crippen molar-refractivity contribution in [3.05, 3.63) is 65.5 Å². The zero-order valence-electron chi connectivity index (χ0n) is 12.5. The molecule has 3 rings (SSSR count). The molecule has 0 radical (unpaired) electrons. The molecule has 0 N–H and O–H groups in total. The van der Waals surface area contributed by atoms with Crippen LogP contribution in [0.25, 0.3) is 23.5 Å². The van der Waals surface area contributed by atoms with Gasteiger partial charge in [0.15, 0.2) is 0 Å². The topological polar surface area (TPSA) is 48.2 Å².